The first-order chi connectivity index (χ1) is 12.1. The quantitative estimate of drug-likeness (QED) is 0.675. The third-order valence-corrected chi connectivity index (χ3v) is 5.58. The molecule has 1 saturated carbocycles. The van der Waals surface area contributed by atoms with Crippen molar-refractivity contribution in [2.75, 3.05) is 20.7 Å². The number of hydrogen-bond acceptors (Lipinski definition) is 6. The first kappa shape index (κ1) is 20.1. The van der Waals surface area contributed by atoms with Crippen molar-refractivity contribution in [3.8, 4) is 0 Å². The van der Waals surface area contributed by atoms with Crippen LogP contribution in [0.15, 0.2) is 23.1 Å². The van der Waals surface area contributed by atoms with E-state index in [9.17, 15) is 22.8 Å². The zero-order chi connectivity index (χ0) is 19.5. The van der Waals surface area contributed by atoms with Gasteiger partial charge in [0.1, 0.15) is 0 Å². The molecule has 1 aliphatic carbocycles. The van der Waals surface area contributed by atoms with Gasteiger partial charge in [0.05, 0.1) is 15.5 Å². The van der Waals surface area contributed by atoms with E-state index in [0.717, 1.165) is 23.2 Å². The monoisotopic (exact) mass is 403 g/mol. The molecule has 0 spiro atoms. The minimum absolute atomic E-state index is 0.0282. The lowest BCUT2D eigenvalue weighted by molar-refractivity contribution is -0.123. The molecule has 0 unspecified atom stereocenters. The van der Waals surface area contributed by atoms with E-state index < -0.39 is 34.5 Å². The van der Waals surface area contributed by atoms with Crippen molar-refractivity contribution in [3.05, 3.63) is 28.8 Å². The van der Waals surface area contributed by atoms with Gasteiger partial charge in [0, 0.05) is 20.1 Å². The summed E-state index contributed by atoms with van der Waals surface area (Å²) in [6.07, 6.45) is 1.72. The summed E-state index contributed by atoms with van der Waals surface area (Å²) in [6, 6.07) is 2.98. The van der Waals surface area contributed by atoms with Gasteiger partial charge in [-0.1, -0.05) is 11.6 Å². The van der Waals surface area contributed by atoms with Crippen molar-refractivity contribution in [1.29, 1.82) is 0 Å². The van der Waals surface area contributed by atoms with Crippen LogP contribution in [-0.2, 0) is 19.6 Å². The van der Waals surface area contributed by atoms with Crippen LogP contribution in [0.4, 0.5) is 4.79 Å². The highest BCUT2D eigenvalue weighted by atomic mass is 35.5. The lowest BCUT2D eigenvalue weighted by Gasteiger charge is -2.13. The van der Waals surface area contributed by atoms with Gasteiger partial charge in [-0.2, -0.15) is 0 Å². The third kappa shape index (κ3) is 5.16. The minimum atomic E-state index is -3.77. The summed E-state index contributed by atoms with van der Waals surface area (Å²) in [4.78, 5) is 35.0. The number of hydrogen-bond donors (Lipinski definition) is 2. The Morgan fingerprint density at radius 3 is 2.50 bits per heavy atom. The van der Waals surface area contributed by atoms with Gasteiger partial charge >= 0.3 is 12.0 Å². The predicted molar refractivity (Wildman–Crippen MR) is 92.3 cm³/mol. The molecule has 1 aromatic carbocycles. The van der Waals surface area contributed by atoms with Crippen LogP contribution in [0, 0.1) is 0 Å². The van der Waals surface area contributed by atoms with Gasteiger partial charge < -0.3 is 10.1 Å². The molecule has 2 rings (SSSR count). The first-order valence-corrected chi connectivity index (χ1v) is 9.42. The summed E-state index contributed by atoms with van der Waals surface area (Å²) >= 11 is 5.91. The maximum atomic E-state index is 12.1. The molecule has 0 aliphatic heterocycles. The molecule has 1 fully saturated rings. The van der Waals surface area contributed by atoms with E-state index in [0.29, 0.717) is 0 Å². The molecule has 9 nitrogen and oxygen atoms in total. The maximum absolute atomic E-state index is 12.1. The van der Waals surface area contributed by atoms with Crippen LogP contribution in [0.25, 0.3) is 0 Å². The number of carbonyl (C=O) groups is 3. The Balaban J connectivity index is 2.00. The largest absolute Gasteiger partial charge is 0.452 e. The average molecular weight is 404 g/mol. The highest BCUT2D eigenvalue weighted by molar-refractivity contribution is 7.89. The third-order valence-electron chi connectivity index (χ3n) is 3.44. The Kier molecular flexibility index (Phi) is 6.21. The zero-order valence-electron chi connectivity index (χ0n) is 14.1. The number of nitrogens with zero attached hydrogens (tertiary/aromatic N) is 1. The van der Waals surface area contributed by atoms with E-state index in [1.165, 1.54) is 26.2 Å². The summed E-state index contributed by atoms with van der Waals surface area (Å²) in [5.74, 6) is -1.80. The standard InChI is InChI=1S/C15H18ClN3O6S/c1-19(2)26(23,24)10-5-6-12(16)11(7-10)14(21)25-8-13(20)18-15(22)17-9-3-4-9/h5-7,9H,3-4,8H2,1-2H3,(H2,17,18,20,22). The fourth-order valence-electron chi connectivity index (χ4n) is 1.85. The van der Waals surface area contributed by atoms with Crippen LogP contribution < -0.4 is 10.6 Å². The molecule has 0 radical (unpaired) electrons. The van der Waals surface area contributed by atoms with Crippen molar-refractivity contribution in [3.63, 3.8) is 0 Å². The van der Waals surface area contributed by atoms with Crippen LogP contribution in [0.1, 0.15) is 23.2 Å². The predicted octanol–water partition coefficient (Wildman–Crippen LogP) is 0.735. The molecule has 2 N–H and O–H groups in total. The van der Waals surface area contributed by atoms with Crippen LogP contribution >= 0.6 is 11.6 Å². The molecule has 0 atom stereocenters. The fraction of sp³-hybridized carbons (Fsp3) is 0.400. The molecule has 1 aromatic rings. The number of sulfonamides is 1. The Labute approximate surface area is 155 Å². The van der Waals surface area contributed by atoms with Crippen LogP contribution in [0.5, 0.6) is 0 Å². The number of halogens is 1. The molecular formula is C15H18ClN3O6S. The number of rotatable bonds is 6. The topological polar surface area (TPSA) is 122 Å². The summed E-state index contributed by atoms with van der Waals surface area (Å²) in [6.45, 7) is -0.710. The van der Waals surface area contributed by atoms with Crippen molar-refractivity contribution >= 4 is 39.5 Å². The molecular weight excluding hydrogens is 386 g/mol. The van der Waals surface area contributed by atoms with Crippen molar-refractivity contribution in [1.82, 2.24) is 14.9 Å². The van der Waals surface area contributed by atoms with E-state index in [-0.39, 0.29) is 21.5 Å². The van der Waals surface area contributed by atoms with Gasteiger partial charge in [-0.05, 0) is 31.0 Å². The second kappa shape index (κ2) is 8.02. The molecule has 0 aromatic heterocycles. The summed E-state index contributed by atoms with van der Waals surface area (Å²) in [7, 11) is -1.08. The van der Waals surface area contributed by atoms with Crippen molar-refractivity contribution in [2.24, 2.45) is 0 Å². The Morgan fingerprint density at radius 2 is 1.92 bits per heavy atom. The molecule has 1 aliphatic rings. The summed E-state index contributed by atoms with van der Waals surface area (Å²) in [5.41, 5.74) is -0.204. The number of ether oxygens (including phenoxy) is 1. The highest BCUT2D eigenvalue weighted by Crippen LogP contribution is 2.23. The van der Waals surface area contributed by atoms with Crippen LogP contribution in [-0.4, -0.2) is 57.4 Å². The number of amides is 3. The van der Waals surface area contributed by atoms with E-state index >= 15 is 0 Å². The van der Waals surface area contributed by atoms with Gasteiger partial charge in [-0.15, -0.1) is 0 Å². The average Bonchev–Trinajstić information content (AvgIpc) is 3.36. The molecule has 0 bridgehead atoms. The van der Waals surface area contributed by atoms with E-state index in [1.54, 1.807) is 0 Å². The molecule has 0 saturated heterocycles. The number of esters is 1. The van der Waals surface area contributed by atoms with Crippen LogP contribution in [0.2, 0.25) is 5.02 Å². The Hall–Kier alpha value is -2.17. The SMILES string of the molecule is CN(C)S(=O)(=O)c1ccc(Cl)c(C(=O)OCC(=O)NC(=O)NC2CC2)c1. The fourth-order valence-corrected chi connectivity index (χ4v) is 2.98. The lowest BCUT2D eigenvalue weighted by Crippen LogP contribution is -2.42. The highest BCUT2D eigenvalue weighted by Gasteiger charge is 2.25. The summed E-state index contributed by atoms with van der Waals surface area (Å²) < 4.78 is 30.0. The number of urea groups is 1. The molecule has 26 heavy (non-hydrogen) atoms. The van der Waals surface area contributed by atoms with Crippen molar-refractivity contribution in [2.45, 2.75) is 23.8 Å². The van der Waals surface area contributed by atoms with E-state index in [2.05, 4.69) is 5.32 Å². The maximum Gasteiger partial charge on any atom is 0.340 e. The Bertz CT molecular complexity index is 836. The number of benzene rings is 1. The van der Waals surface area contributed by atoms with Crippen molar-refractivity contribution < 1.29 is 27.5 Å². The van der Waals surface area contributed by atoms with E-state index in [1.807, 2.05) is 5.32 Å². The van der Waals surface area contributed by atoms with E-state index in [4.69, 9.17) is 16.3 Å². The minimum Gasteiger partial charge on any atom is -0.452 e. The smallest absolute Gasteiger partial charge is 0.340 e. The van der Waals surface area contributed by atoms with Gasteiger partial charge in [0.25, 0.3) is 5.91 Å². The number of imide groups is 1. The molecule has 0 heterocycles. The molecule has 142 valence electrons. The second-order valence-corrected chi connectivity index (χ2v) is 8.36. The van der Waals surface area contributed by atoms with Crippen LogP contribution in [0.3, 0.4) is 0 Å². The normalized spacial score (nSPS) is 14.0. The van der Waals surface area contributed by atoms with Gasteiger partial charge in [0.15, 0.2) is 6.61 Å². The number of carbonyl (C=O) groups excluding carboxylic acids is 3. The zero-order valence-corrected chi connectivity index (χ0v) is 15.7. The number of nitrogens with one attached hydrogen (secondary N) is 2. The Morgan fingerprint density at radius 1 is 1.27 bits per heavy atom. The first-order valence-electron chi connectivity index (χ1n) is 7.61. The van der Waals surface area contributed by atoms with Gasteiger partial charge in [0.2, 0.25) is 10.0 Å². The van der Waals surface area contributed by atoms with Gasteiger partial charge in [-0.25, -0.2) is 22.3 Å². The van der Waals surface area contributed by atoms with Gasteiger partial charge in [-0.3, -0.25) is 10.1 Å². The summed E-state index contributed by atoms with van der Waals surface area (Å²) in [5, 5.41) is 4.54. The molecule has 11 heteroatoms. The molecule has 3 amide bonds. The second-order valence-electron chi connectivity index (χ2n) is 5.80. The lowest BCUT2D eigenvalue weighted by atomic mass is 10.2.